The molecule has 23 heavy (non-hydrogen) atoms. The lowest BCUT2D eigenvalue weighted by Gasteiger charge is -2.34. The molecule has 0 radical (unpaired) electrons. The fourth-order valence-corrected chi connectivity index (χ4v) is 2.86. The fraction of sp³-hybridized carbons (Fsp3) is 0.667. The molecule has 0 aromatic heterocycles. The van der Waals surface area contributed by atoms with Crippen molar-refractivity contribution in [2.75, 3.05) is 13.2 Å². The van der Waals surface area contributed by atoms with E-state index < -0.39 is 6.10 Å². The van der Waals surface area contributed by atoms with E-state index in [0.29, 0.717) is 24.8 Å². The van der Waals surface area contributed by atoms with E-state index >= 15 is 0 Å². The first-order chi connectivity index (χ1) is 10.1. The molecular weight excluding hydrogens is 333 g/mol. The molecule has 0 bridgehead atoms. The van der Waals surface area contributed by atoms with Crippen molar-refractivity contribution in [1.29, 1.82) is 0 Å². The number of hydrogen-bond acceptors (Lipinski definition) is 3. The lowest BCUT2D eigenvalue weighted by molar-refractivity contribution is 0.0244. The van der Waals surface area contributed by atoms with Crippen molar-refractivity contribution in [2.45, 2.75) is 59.3 Å². The zero-order valence-electron chi connectivity index (χ0n) is 14.9. The molecule has 0 aliphatic heterocycles. The average Bonchev–Trinajstić information content (AvgIpc) is 2.36. The molecule has 0 spiro atoms. The monoisotopic (exact) mass is 363 g/mol. The highest BCUT2D eigenvalue weighted by Gasteiger charge is 2.25. The molecule has 1 rings (SSSR count). The summed E-state index contributed by atoms with van der Waals surface area (Å²) in [5, 5.41) is 14.2. The maximum atomic E-state index is 10.0. The molecule has 3 nitrogen and oxygen atoms in total. The highest BCUT2D eigenvalue weighted by Crippen LogP contribution is 2.26. The minimum absolute atomic E-state index is 0. The van der Waals surface area contributed by atoms with Gasteiger partial charge in [-0.3, -0.25) is 0 Å². The van der Waals surface area contributed by atoms with Crippen LogP contribution in [-0.4, -0.2) is 29.9 Å². The third-order valence-electron chi connectivity index (χ3n) is 3.28. The summed E-state index contributed by atoms with van der Waals surface area (Å²) in [5.74, 6) is 0. The normalized spacial score (nSPS) is 13.5. The van der Waals surface area contributed by atoms with E-state index in [1.165, 1.54) is 0 Å². The molecule has 1 aromatic rings. The number of nitrogens with one attached hydrogen (secondary N) is 1. The molecule has 5 heteroatoms. The van der Waals surface area contributed by atoms with Crippen molar-refractivity contribution >= 4 is 24.0 Å². The van der Waals surface area contributed by atoms with Crippen molar-refractivity contribution in [2.24, 2.45) is 5.41 Å². The van der Waals surface area contributed by atoms with Crippen LogP contribution in [0.15, 0.2) is 24.3 Å². The van der Waals surface area contributed by atoms with Crippen molar-refractivity contribution in [3.05, 3.63) is 34.9 Å². The van der Waals surface area contributed by atoms with Gasteiger partial charge in [0.15, 0.2) is 0 Å². The largest absolute Gasteiger partial charge is 0.389 e. The van der Waals surface area contributed by atoms with E-state index in [9.17, 15) is 5.11 Å². The number of halogens is 2. The molecule has 0 amide bonds. The molecule has 0 aliphatic carbocycles. The van der Waals surface area contributed by atoms with Crippen LogP contribution >= 0.6 is 24.0 Å². The second kappa shape index (κ2) is 9.85. The van der Waals surface area contributed by atoms with Crippen LogP contribution in [0.25, 0.3) is 0 Å². The maximum absolute atomic E-state index is 10.0. The Morgan fingerprint density at radius 1 is 1.13 bits per heavy atom. The van der Waals surface area contributed by atoms with E-state index in [1.54, 1.807) is 0 Å². The summed E-state index contributed by atoms with van der Waals surface area (Å²) in [6.07, 6.45) is 0.532. The SMILES string of the molecule is CC(C)(C)CC(C)(C)NCC(O)COCc1ccc(Cl)cc1.Cl. The predicted octanol–water partition coefficient (Wildman–Crippen LogP) is 4.44. The van der Waals surface area contributed by atoms with E-state index in [4.69, 9.17) is 16.3 Å². The molecule has 2 N–H and O–H groups in total. The fourth-order valence-electron chi connectivity index (χ4n) is 2.73. The first-order valence-electron chi connectivity index (χ1n) is 7.83. The molecule has 0 fully saturated rings. The van der Waals surface area contributed by atoms with Crippen LogP contribution in [0, 0.1) is 5.41 Å². The quantitative estimate of drug-likeness (QED) is 0.716. The van der Waals surface area contributed by atoms with Gasteiger partial charge in [-0.05, 0) is 43.4 Å². The van der Waals surface area contributed by atoms with Crippen LogP contribution in [0.2, 0.25) is 5.02 Å². The molecule has 0 saturated heterocycles. The smallest absolute Gasteiger partial charge is 0.0898 e. The first-order valence-corrected chi connectivity index (χ1v) is 8.20. The Kier molecular flexibility index (Phi) is 9.71. The summed E-state index contributed by atoms with van der Waals surface area (Å²) in [7, 11) is 0. The molecule has 134 valence electrons. The molecule has 1 unspecified atom stereocenters. The Labute approximate surface area is 152 Å². The van der Waals surface area contributed by atoms with Gasteiger partial charge in [0, 0.05) is 17.1 Å². The highest BCUT2D eigenvalue weighted by atomic mass is 35.5. The number of ether oxygens (including phenoxy) is 1. The van der Waals surface area contributed by atoms with Gasteiger partial charge in [0.25, 0.3) is 0 Å². The van der Waals surface area contributed by atoms with Gasteiger partial charge in [0.2, 0.25) is 0 Å². The predicted molar refractivity (Wildman–Crippen MR) is 101 cm³/mol. The highest BCUT2D eigenvalue weighted by molar-refractivity contribution is 6.30. The Balaban J connectivity index is 0.00000484. The van der Waals surface area contributed by atoms with E-state index in [1.807, 2.05) is 24.3 Å². The zero-order valence-corrected chi connectivity index (χ0v) is 16.4. The Hall–Kier alpha value is -0.320. The summed E-state index contributed by atoms with van der Waals surface area (Å²) in [6.45, 7) is 12.3. The van der Waals surface area contributed by atoms with Crippen LogP contribution in [-0.2, 0) is 11.3 Å². The third-order valence-corrected chi connectivity index (χ3v) is 3.53. The van der Waals surface area contributed by atoms with Crippen LogP contribution in [0.3, 0.4) is 0 Å². The standard InChI is InChI=1S/C18H30ClNO2.ClH/c1-17(2,3)13-18(4,5)20-10-16(21)12-22-11-14-6-8-15(19)9-7-14;/h6-9,16,20-21H,10-13H2,1-5H3;1H. The summed E-state index contributed by atoms with van der Waals surface area (Å²) in [5.41, 5.74) is 1.31. The molecule has 1 aromatic carbocycles. The molecule has 0 heterocycles. The van der Waals surface area contributed by atoms with Crippen LogP contribution < -0.4 is 5.32 Å². The summed E-state index contributed by atoms with van der Waals surface area (Å²) in [4.78, 5) is 0. The topological polar surface area (TPSA) is 41.5 Å². The van der Waals surface area contributed by atoms with E-state index in [-0.39, 0.29) is 23.4 Å². The summed E-state index contributed by atoms with van der Waals surface area (Å²) < 4.78 is 5.55. The second-order valence-corrected chi connectivity index (χ2v) is 8.23. The number of aliphatic hydroxyl groups excluding tert-OH is 1. The van der Waals surface area contributed by atoms with Gasteiger partial charge in [-0.25, -0.2) is 0 Å². The van der Waals surface area contributed by atoms with E-state index in [2.05, 4.69) is 39.9 Å². The lowest BCUT2D eigenvalue weighted by atomic mass is 9.82. The number of benzene rings is 1. The van der Waals surface area contributed by atoms with Gasteiger partial charge in [-0.15, -0.1) is 12.4 Å². The molecule has 0 aliphatic rings. The van der Waals surface area contributed by atoms with Gasteiger partial charge < -0.3 is 15.2 Å². The number of aliphatic hydroxyl groups is 1. The average molecular weight is 364 g/mol. The lowest BCUT2D eigenvalue weighted by Crippen LogP contribution is -2.46. The van der Waals surface area contributed by atoms with Gasteiger partial charge in [-0.2, -0.15) is 0 Å². The molecule has 1 atom stereocenters. The van der Waals surface area contributed by atoms with Crippen LogP contribution in [0.1, 0.15) is 46.6 Å². The van der Waals surface area contributed by atoms with Crippen LogP contribution in [0.5, 0.6) is 0 Å². The van der Waals surface area contributed by atoms with Crippen LogP contribution in [0.4, 0.5) is 0 Å². The van der Waals surface area contributed by atoms with Gasteiger partial charge >= 0.3 is 0 Å². The Morgan fingerprint density at radius 2 is 1.70 bits per heavy atom. The van der Waals surface area contributed by atoms with Crippen molar-refractivity contribution in [3.8, 4) is 0 Å². The van der Waals surface area contributed by atoms with Gasteiger partial charge in [0.1, 0.15) is 0 Å². The summed E-state index contributed by atoms with van der Waals surface area (Å²) in [6, 6.07) is 7.54. The van der Waals surface area contributed by atoms with Crippen molar-refractivity contribution < 1.29 is 9.84 Å². The van der Waals surface area contributed by atoms with Gasteiger partial charge in [0.05, 0.1) is 19.3 Å². The van der Waals surface area contributed by atoms with Crippen molar-refractivity contribution in [3.63, 3.8) is 0 Å². The number of hydrogen-bond donors (Lipinski definition) is 2. The number of rotatable bonds is 8. The van der Waals surface area contributed by atoms with E-state index in [0.717, 1.165) is 12.0 Å². The molecular formula is C18H31Cl2NO2. The Bertz CT molecular complexity index is 441. The minimum atomic E-state index is -0.508. The zero-order chi connectivity index (χ0) is 16.8. The second-order valence-electron chi connectivity index (χ2n) is 7.80. The number of β-amino-alcohol motifs (C(OH)–C–C–N with tert-alkyl or cyclic N) is 1. The van der Waals surface area contributed by atoms with Gasteiger partial charge in [-0.1, -0.05) is 44.5 Å². The maximum Gasteiger partial charge on any atom is 0.0898 e. The summed E-state index contributed by atoms with van der Waals surface area (Å²) >= 11 is 5.84. The molecule has 0 saturated carbocycles. The Morgan fingerprint density at radius 3 is 2.22 bits per heavy atom. The van der Waals surface area contributed by atoms with Crippen molar-refractivity contribution in [1.82, 2.24) is 5.32 Å². The minimum Gasteiger partial charge on any atom is -0.389 e. The third kappa shape index (κ3) is 11.0. The first kappa shape index (κ1) is 22.7.